The van der Waals surface area contributed by atoms with Crippen LogP contribution in [0, 0.1) is 0 Å². The van der Waals surface area contributed by atoms with Gasteiger partial charge in [0.1, 0.15) is 0 Å². The lowest BCUT2D eigenvalue weighted by atomic mass is 10.2. The van der Waals surface area contributed by atoms with Crippen LogP contribution in [0.5, 0.6) is 0 Å². The molecule has 1 saturated carbocycles. The number of nitrogens with one attached hydrogen (secondary N) is 1. The number of aromatic nitrogens is 2. The van der Waals surface area contributed by atoms with E-state index in [2.05, 4.69) is 22.9 Å². The molecule has 1 N–H and O–H groups in total. The van der Waals surface area contributed by atoms with Crippen LogP contribution in [0.3, 0.4) is 0 Å². The SMILES string of the molecule is CSC1(CNCCc2cnn(C)c2)CC1. The third-order valence-corrected chi connectivity index (χ3v) is 4.46. The van der Waals surface area contributed by atoms with Gasteiger partial charge in [-0.2, -0.15) is 16.9 Å². The fourth-order valence-electron chi connectivity index (χ4n) is 1.74. The number of thioether (sulfide) groups is 1. The van der Waals surface area contributed by atoms with E-state index in [1.165, 1.54) is 18.4 Å². The van der Waals surface area contributed by atoms with Gasteiger partial charge in [-0.15, -0.1) is 0 Å². The van der Waals surface area contributed by atoms with Crippen molar-refractivity contribution in [1.82, 2.24) is 15.1 Å². The van der Waals surface area contributed by atoms with Crippen molar-refractivity contribution in [3.05, 3.63) is 18.0 Å². The molecule has 0 aromatic carbocycles. The van der Waals surface area contributed by atoms with Crippen LogP contribution in [0.2, 0.25) is 0 Å². The lowest BCUT2D eigenvalue weighted by Crippen LogP contribution is -2.27. The van der Waals surface area contributed by atoms with Gasteiger partial charge in [-0.05, 0) is 37.6 Å². The molecule has 1 aromatic rings. The van der Waals surface area contributed by atoms with Gasteiger partial charge in [-0.1, -0.05) is 0 Å². The third kappa shape index (κ3) is 2.98. The number of rotatable bonds is 6. The minimum atomic E-state index is 0.578. The lowest BCUT2D eigenvalue weighted by molar-refractivity contribution is 0.659. The molecule has 4 heteroatoms. The maximum atomic E-state index is 4.16. The molecule has 2 rings (SSSR count). The number of hydrogen-bond acceptors (Lipinski definition) is 3. The highest BCUT2D eigenvalue weighted by Gasteiger charge is 2.41. The second kappa shape index (κ2) is 4.58. The number of nitrogens with zero attached hydrogens (tertiary/aromatic N) is 2. The number of hydrogen-bond donors (Lipinski definition) is 1. The van der Waals surface area contributed by atoms with Gasteiger partial charge in [0.15, 0.2) is 0 Å². The summed E-state index contributed by atoms with van der Waals surface area (Å²) in [6, 6.07) is 0. The molecule has 1 aromatic heterocycles. The Hall–Kier alpha value is -0.480. The average Bonchev–Trinajstić information content (AvgIpc) is 2.91. The minimum absolute atomic E-state index is 0.578. The Morgan fingerprint density at radius 3 is 2.93 bits per heavy atom. The van der Waals surface area contributed by atoms with E-state index in [1.807, 2.05) is 29.7 Å². The third-order valence-electron chi connectivity index (χ3n) is 3.04. The summed E-state index contributed by atoms with van der Waals surface area (Å²) in [5.74, 6) is 0. The van der Waals surface area contributed by atoms with Gasteiger partial charge in [-0.3, -0.25) is 4.68 Å². The molecule has 84 valence electrons. The maximum absolute atomic E-state index is 4.16. The highest BCUT2D eigenvalue weighted by molar-refractivity contribution is 8.00. The van der Waals surface area contributed by atoms with E-state index < -0.39 is 0 Å². The summed E-state index contributed by atoms with van der Waals surface area (Å²) in [7, 11) is 1.96. The largest absolute Gasteiger partial charge is 0.315 e. The van der Waals surface area contributed by atoms with Gasteiger partial charge in [0, 0.05) is 24.5 Å². The summed E-state index contributed by atoms with van der Waals surface area (Å²) in [5, 5.41) is 7.70. The quantitative estimate of drug-likeness (QED) is 0.743. The summed E-state index contributed by atoms with van der Waals surface area (Å²) in [4.78, 5) is 0. The normalized spacial score (nSPS) is 18.0. The first-order chi connectivity index (χ1) is 7.24. The summed E-state index contributed by atoms with van der Waals surface area (Å²) in [5.41, 5.74) is 1.32. The minimum Gasteiger partial charge on any atom is -0.315 e. The van der Waals surface area contributed by atoms with E-state index in [9.17, 15) is 0 Å². The van der Waals surface area contributed by atoms with Gasteiger partial charge in [-0.25, -0.2) is 0 Å². The molecule has 1 fully saturated rings. The highest BCUT2D eigenvalue weighted by atomic mass is 32.2. The van der Waals surface area contributed by atoms with Crippen LogP contribution in [0.1, 0.15) is 18.4 Å². The van der Waals surface area contributed by atoms with E-state index in [4.69, 9.17) is 0 Å². The molecule has 0 radical (unpaired) electrons. The van der Waals surface area contributed by atoms with E-state index in [1.54, 1.807) is 0 Å². The lowest BCUT2D eigenvalue weighted by Gasteiger charge is -2.12. The van der Waals surface area contributed by atoms with Gasteiger partial charge < -0.3 is 5.32 Å². The first kappa shape index (κ1) is 11.0. The smallest absolute Gasteiger partial charge is 0.0522 e. The van der Waals surface area contributed by atoms with Crippen LogP contribution in [-0.2, 0) is 13.5 Å². The van der Waals surface area contributed by atoms with E-state index in [-0.39, 0.29) is 0 Å². The topological polar surface area (TPSA) is 29.9 Å². The zero-order valence-electron chi connectivity index (χ0n) is 9.49. The Labute approximate surface area is 95.6 Å². The van der Waals surface area contributed by atoms with Gasteiger partial charge in [0.25, 0.3) is 0 Å². The zero-order chi connectivity index (χ0) is 10.7. The Morgan fingerprint density at radius 2 is 2.40 bits per heavy atom. The van der Waals surface area contributed by atoms with E-state index in [0.717, 1.165) is 19.5 Å². The fraction of sp³-hybridized carbons (Fsp3) is 0.727. The Morgan fingerprint density at radius 1 is 1.60 bits per heavy atom. The molecule has 3 nitrogen and oxygen atoms in total. The van der Waals surface area contributed by atoms with Crippen LogP contribution >= 0.6 is 11.8 Å². The molecule has 0 amide bonds. The molecule has 0 aliphatic heterocycles. The average molecular weight is 225 g/mol. The standard InChI is InChI=1S/C11H19N3S/c1-14-8-10(7-13-14)3-6-12-9-11(15-2)4-5-11/h7-8,12H,3-6,9H2,1-2H3. The first-order valence-electron chi connectivity index (χ1n) is 5.47. The molecule has 0 bridgehead atoms. The first-order valence-corrected chi connectivity index (χ1v) is 6.70. The van der Waals surface area contributed by atoms with Crippen LogP contribution in [-0.4, -0.2) is 33.9 Å². The predicted molar refractivity (Wildman–Crippen MR) is 65.3 cm³/mol. The summed E-state index contributed by atoms with van der Waals surface area (Å²) in [6.45, 7) is 2.22. The van der Waals surface area contributed by atoms with Gasteiger partial charge in [0.05, 0.1) is 6.20 Å². The van der Waals surface area contributed by atoms with E-state index >= 15 is 0 Å². The predicted octanol–water partition coefficient (Wildman–Crippen LogP) is 1.45. The number of aryl methyl sites for hydroxylation is 1. The Bertz CT molecular complexity index is 317. The van der Waals surface area contributed by atoms with Crippen molar-refractivity contribution < 1.29 is 0 Å². The van der Waals surface area contributed by atoms with Crippen LogP contribution in [0.25, 0.3) is 0 Å². The van der Waals surface area contributed by atoms with Crippen molar-refractivity contribution in [2.75, 3.05) is 19.3 Å². The molecule has 1 heterocycles. The van der Waals surface area contributed by atoms with Crippen molar-refractivity contribution in [3.8, 4) is 0 Å². The van der Waals surface area contributed by atoms with Crippen LogP contribution in [0.15, 0.2) is 12.4 Å². The molecule has 1 aliphatic rings. The van der Waals surface area contributed by atoms with Crippen molar-refractivity contribution >= 4 is 11.8 Å². The van der Waals surface area contributed by atoms with Crippen molar-refractivity contribution in [2.45, 2.75) is 24.0 Å². The van der Waals surface area contributed by atoms with Gasteiger partial charge >= 0.3 is 0 Å². The second-order valence-corrected chi connectivity index (χ2v) is 5.61. The maximum Gasteiger partial charge on any atom is 0.0522 e. The van der Waals surface area contributed by atoms with E-state index in [0.29, 0.717) is 4.75 Å². The fourth-order valence-corrected chi connectivity index (χ4v) is 2.50. The molecule has 0 spiro atoms. The van der Waals surface area contributed by atoms with Gasteiger partial charge in [0.2, 0.25) is 0 Å². The summed E-state index contributed by atoms with van der Waals surface area (Å²) >= 11 is 2.01. The van der Waals surface area contributed by atoms with Crippen LogP contribution < -0.4 is 5.32 Å². The molecular formula is C11H19N3S. The zero-order valence-corrected chi connectivity index (χ0v) is 10.3. The molecule has 15 heavy (non-hydrogen) atoms. The Balaban J connectivity index is 1.63. The second-order valence-electron chi connectivity index (χ2n) is 4.34. The molecular weight excluding hydrogens is 206 g/mol. The summed E-state index contributed by atoms with van der Waals surface area (Å²) < 4.78 is 2.44. The summed E-state index contributed by atoms with van der Waals surface area (Å²) in [6.07, 6.45) is 10.1. The Kier molecular flexibility index (Phi) is 3.36. The molecule has 0 atom stereocenters. The monoisotopic (exact) mass is 225 g/mol. The van der Waals surface area contributed by atoms with Crippen molar-refractivity contribution in [2.24, 2.45) is 7.05 Å². The molecule has 0 unspecified atom stereocenters. The van der Waals surface area contributed by atoms with Crippen molar-refractivity contribution in [3.63, 3.8) is 0 Å². The van der Waals surface area contributed by atoms with Crippen LogP contribution in [0.4, 0.5) is 0 Å². The molecule has 0 saturated heterocycles. The highest BCUT2D eigenvalue weighted by Crippen LogP contribution is 2.46. The van der Waals surface area contributed by atoms with Crippen molar-refractivity contribution in [1.29, 1.82) is 0 Å². The molecule has 1 aliphatic carbocycles.